The molecule has 23 heavy (non-hydrogen) atoms. The number of hydrogen-bond acceptors (Lipinski definition) is 4. The zero-order valence-corrected chi connectivity index (χ0v) is 15.3. The van der Waals surface area contributed by atoms with E-state index in [-0.39, 0.29) is 11.7 Å². The molecule has 1 N–H and O–H groups in total. The van der Waals surface area contributed by atoms with Crippen LogP contribution < -0.4 is 9.08 Å². The summed E-state index contributed by atoms with van der Waals surface area (Å²) in [7, 11) is 0.497. The molecule has 0 aromatic heterocycles. The highest BCUT2D eigenvalue weighted by molar-refractivity contribution is 7.87. The second kappa shape index (κ2) is 8.31. The van der Waals surface area contributed by atoms with Gasteiger partial charge in [-0.05, 0) is 31.5 Å². The van der Waals surface area contributed by atoms with Gasteiger partial charge in [-0.1, -0.05) is 12.1 Å². The van der Waals surface area contributed by atoms with Crippen LogP contribution in [0.25, 0.3) is 0 Å². The summed E-state index contributed by atoms with van der Waals surface area (Å²) in [6, 6.07) is 6.79. The maximum absolute atomic E-state index is 11.7. The van der Waals surface area contributed by atoms with Gasteiger partial charge < -0.3 is 14.0 Å². The number of rotatable bonds is 8. The van der Waals surface area contributed by atoms with Crippen LogP contribution in [-0.2, 0) is 21.5 Å². The van der Waals surface area contributed by atoms with E-state index in [1.165, 1.54) is 4.90 Å². The van der Waals surface area contributed by atoms with E-state index < -0.39 is 15.4 Å². The summed E-state index contributed by atoms with van der Waals surface area (Å²) in [5, 5.41) is -0.594. The van der Waals surface area contributed by atoms with Crippen molar-refractivity contribution in [3.63, 3.8) is 0 Å². The molecule has 0 heterocycles. The van der Waals surface area contributed by atoms with Crippen LogP contribution in [0.2, 0.25) is 0 Å². The lowest BCUT2D eigenvalue weighted by Gasteiger charge is -2.22. The van der Waals surface area contributed by atoms with Crippen LogP contribution in [0.15, 0.2) is 24.3 Å². The fourth-order valence-corrected chi connectivity index (χ4v) is 2.38. The average Bonchev–Trinajstić information content (AvgIpc) is 2.44. The molecule has 0 spiro atoms. The van der Waals surface area contributed by atoms with E-state index in [1.54, 1.807) is 49.9 Å². The highest BCUT2D eigenvalue weighted by Crippen LogP contribution is 2.17. The summed E-state index contributed by atoms with van der Waals surface area (Å²) < 4.78 is 28.5. The molecule has 0 aliphatic heterocycles. The molecule has 0 atom stereocenters. The summed E-state index contributed by atoms with van der Waals surface area (Å²) in [4.78, 5) is 14.8. The molecular formula is C16H27N2O4S+. The molecule has 0 saturated carbocycles. The van der Waals surface area contributed by atoms with Gasteiger partial charge >= 0.3 is 10.1 Å². The number of benzene rings is 1. The third kappa shape index (κ3) is 6.58. The minimum Gasteiger partial charge on any atom is -0.382 e. The summed E-state index contributed by atoms with van der Waals surface area (Å²) in [5.74, 6) is 0.309. The number of carbonyl (C=O) groups is 1. The molecule has 0 unspecified atom stereocenters. The van der Waals surface area contributed by atoms with Crippen molar-refractivity contribution in [3.05, 3.63) is 29.8 Å². The Morgan fingerprint density at radius 3 is 2.22 bits per heavy atom. The minimum atomic E-state index is -3.59. The van der Waals surface area contributed by atoms with Crippen molar-refractivity contribution in [1.29, 1.82) is 0 Å². The molecular weight excluding hydrogens is 316 g/mol. The Morgan fingerprint density at radius 2 is 1.78 bits per heavy atom. The van der Waals surface area contributed by atoms with Crippen LogP contribution in [0.1, 0.15) is 26.3 Å². The quantitative estimate of drug-likeness (QED) is 0.689. The largest absolute Gasteiger partial charge is 0.382 e. The third-order valence-corrected chi connectivity index (χ3v) is 4.99. The van der Waals surface area contributed by atoms with E-state index in [4.69, 9.17) is 4.18 Å². The fraction of sp³-hybridized carbons (Fsp3) is 0.562. The van der Waals surface area contributed by atoms with Gasteiger partial charge in [0.1, 0.15) is 5.75 Å². The topological polar surface area (TPSA) is 68.1 Å². The van der Waals surface area contributed by atoms with Gasteiger partial charge in [-0.25, -0.2) is 0 Å². The predicted molar refractivity (Wildman–Crippen MR) is 89.9 cm³/mol. The van der Waals surface area contributed by atoms with Crippen molar-refractivity contribution in [2.24, 2.45) is 0 Å². The number of nitrogens with zero attached hydrogens (tertiary/aromatic N) is 1. The normalized spacial score (nSPS) is 11.8. The van der Waals surface area contributed by atoms with Crippen molar-refractivity contribution < 1.29 is 22.3 Å². The zero-order valence-electron chi connectivity index (χ0n) is 14.5. The van der Waals surface area contributed by atoms with E-state index in [0.717, 1.165) is 12.1 Å². The maximum atomic E-state index is 11.7. The number of carbonyl (C=O) groups excluding carboxylic acids is 1. The lowest BCUT2D eigenvalue weighted by atomic mass is 10.2. The standard InChI is InChI=1S/C16H26N2O4S/c1-13(2)23(20,21)22-16-8-6-15(7-9-16)12-18(14(3)19)11-10-17(4)5/h6-9,13H,10-12H2,1-5H3/p+1. The lowest BCUT2D eigenvalue weighted by Crippen LogP contribution is -3.06. The molecule has 1 amide bonds. The van der Waals surface area contributed by atoms with Crippen molar-refractivity contribution >= 4 is 16.0 Å². The molecule has 0 saturated heterocycles. The minimum absolute atomic E-state index is 0.0222. The van der Waals surface area contributed by atoms with Crippen molar-refractivity contribution in [1.82, 2.24) is 4.90 Å². The first-order valence-electron chi connectivity index (χ1n) is 7.68. The van der Waals surface area contributed by atoms with Gasteiger partial charge in [-0.15, -0.1) is 0 Å². The first-order chi connectivity index (χ1) is 10.6. The first-order valence-corrected chi connectivity index (χ1v) is 9.15. The molecule has 1 aromatic rings. The highest BCUT2D eigenvalue weighted by atomic mass is 32.2. The molecule has 0 radical (unpaired) electrons. The highest BCUT2D eigenvalue weighted by Gasteiger charge is 2.18. The second-order valence-electron chi connectivity index (χ2n) is 6.17. The number of hydrogen-bond donors (Lipinski definition) is 1. The van der Waals surface area contributed by atoms with Gasteiger partial charge in [0, 0.05) is 13.5 Å². The van der Waals surface area contributed by atoms with Gasteiger partial charge in [-0.3, -0.25) is 4.79 Å². The van der Waals surface area contributed by atoms with Gasteiger partial charge in [-0.2, -0.15) is 8.42 Å². The zero-order chi connectivity index (χ0) is 17.6. The Balaban J connectivity index is 2.73. The van der Waals surface area contributed by atoms with Crippen LogP contribution in [0.3, 0.4) is 0 Å². The molecule has 1 aromatic carbocycles. The first kappa shape index (κ1) is 19.4. The maximum Gasteiger partial charge on any atom is 0.311 e. The molecule has 0 bridgehead atoms. The van der Waals surface area contributed by atoms with Gasteiger partial charge in [0.15, 0.2) is 0 Å². The van der Waals surface area contributed by atoms with Crippen LogP contribution >= 0.6 is 0 Å². The lowest BCUT2D eigenvalue weighted by molar-refractivity contribution is -0.857. The van der Waals surface area contributed by atoms with Crippen LogP contribution in [-0.4, -0.2) is 51.7 Å². The second-order valence-corrected chi connectivity index (χ2v) is 8.26. The van der Waals surface area contributed by atoms with E-state index in [2.05, 4.69) is 0 Å². The summed E-state index contributed by atoms with van der Waals surface area (Å²) in [5.41, 5.74) is 0.934. The number of likely N-dealkylation sites (N-methyl/N-ethyl adjacent to an activating group) is 1. The Labute approximate surface area is 139 Å². The summed E-state index contributed by atoms with van der Waals surface area (Å²) >= 11 is 0. The Hall–Kier alpha value is -1.60. The molecule has 0 aliphatic rings. The number of quaternary nitrogens is 1. The van der Waals surface area contributed by atoms with Crippen LogP contribution in [0.4, 0.5) is 0 Å². The predicted octanol–water partition coefficient (Wildman–Crippen LogP) is 0.297. The van der Waals surface area contributed by atoms with Crippen molar-refractivity contribution in [2.75, 3.05) is 27.2 Å². The molecule has 7 heteroatoms. The Morgan fingerprint density at radius 1 is 1.22 bits per heavy atom. The Kier molecular flexibility index (Phi) is 7.02. The Bertz CT molecular complexity index is 609. The number of nitrogens with one attached hydrogen (secondary N) is 1. The average molecular weight is 343 g/mol. The molecule has 0 fully saturated rings. The van der Waals surface area contributed by atoms with Crippen LogP contribution in [0, 0.1) is 0 Å². The van der Waals surface area contributed by atoms with Crippen LogP contribution in [0.5, 0.6) is 5.75 Å². The smallest absolute Gasteiger partial charge is 0.311 e. The molecule has 1 rings (SSSR count). The number of amides is 1. The van der Waals surface area contributed by atoms with E-state index in [0.29, 0.717) is 13.1 Å². The van der Waals surface area contributed by atoms with Crippen molar-refractivity contribution in [3.8, 4) is 5.75 Å². The van der Waals surface area contributed by atoms with E-state index in [1.807, 2.05) is 14.1 Å². The summed E-state index contributed by atoms with van der Waals surface area (Å²) in [6.45, 7) is 6.74. The molecule has 130 valence electrons. The van der Waals surface area contributed by atoms with Gasteiger partial charge in [0.2, 0.25) is 5.91 Å². The summed E-state index contributed by atoms with van der Waals surface area (Å²) in [6.07, 6.45) is 0. The van der Waals surface area contributed by atoms with E-state index in [9.17, 15) is 13.2 Å². The molecule has 6 nitrogen and oxygen atoms in total. The van der Waals surface area contributed by atoms with Gasteiger partial charge in [0.25, 0.3) is 0 Å². The van der Waals surface area contributed by atoms with Crippen molar-refractivity contribution in [2.45, 2.75) is 32.6 Å². The van der Waals surface area contributed by atoms with E-state index >= 15 is 0 Å². The monoisotopic (exact) mass is 343 g/mol. The fourth-order valence-electron chi connectivity index (χ4n) is 1.81. The third-order valence-electron chi connectivity index (χ3n) is 3.41. The SMILES string of the molecule is CC(=O)N(CC[NH+](C)C)Cc1ccc(OS(=O)(=O)C(C)C)cc1. The van der Waals surface area contributed by atoms with Gasteiger partial charge in [0.05, 0.1) is 32.4 Å². The molecule has 0 aliphatic carbocycles.